The molecule has 0 spiro atoms. The van der Waals surface area contributed by atoms with Gasteiger partial charge in [-0.3, -0.25) is 0 Å². The fourth-order valence-electron chi connectivity index (χ4n) is 1.58. The quantitative estimate of drug-likeness (QED) is 0.646. The summed E-state index contributed by atoms with van der Waals surface area (Å²) in [6.45, 7) is 0. The second kappa shape index (κ2) is 4.79. The van der Waals surface area contributed by atoms with Crippen molar-refractivity contribution in [2.24, 2.45) is 0 Å². The van der Waals surface area contributed by atoms with Gasteiger partial charge in [-0.25, -0.2) is 4.79 Å². The van der Waals surface area contributed by atoms with Gasteiger partial charge in [-0.2, -0.15) is 0 Å². The first-order valence-electron chi connectivity index (χ1n) is 4.94. The molecule has 5 heteroatoms. The first-order chi connectivity index (χ1) is 8.19. The maximum absolute atomic E-state index is 11.5. The molecular formula is C12H11BrO4. The molecule has 0 atom stereocenters. The van der Waals surface area contributed by atoms with E-state index in [1.54, 1.807) is 25.3 Å². The lowest BCUT2D eigenvalue weighted by molar-refractivity contribution is 0.355. The van der Waals surface area contributed by atoms with Crippen LogP contribution < -0.4 is 15.1 Å². The van der Waals surface area contributed by atoms with Crippen LogP contribution in [0.2, 0.25) is 0 Å². The van der Waals surface area contributed by atoms with Crippen molar-refractivity contribution >= 4 is 26.9 Å². The van der Waals surface area contributed by atoms with E-state index >= 15 is 0 Å². The topological polar surface area (TPSA) is 48.7 Å². The molecule has 90 valence electrons. The van der Waals surface area contributed by atoms with E-state index in [1.807, 2.05) is 0 Å². The third-order valence-corrected chi connectivity index (χ3v) is 3.06. The Kier molecular flexibility index (Phi) is 3.38. The van der Waals surface area contributed by atoms with Gasteiger partial charge in [0.2, 0.25) is 0 Å². The lowest BCUT2D eigenvalue weighted by Crippen LogP contribution is -2.04. The predicted octanol–water partition coefficient (Wildman–Crippen LogP) is 2.71. The molecule has 0 aliphatic carbocycles. The minimum absolute atomic E-state index is 0.346. The van der Waals surface area contributed by atoms with Crippen LogP contribution in [0.4, 0.5) is 0 Å². The van der Waals surface area contributed by atoms with E-state index in [4.69, 9.17) is 13.9 Å². The fraction of sp³-hybridized carbons (Fsp3) is 0.250. The summed E-state index contributed by atoms with van der Waals surface area (Å²) in [4.78, 5) is 11.5. The summed E-state index contributed by atoms with van der Waals surface area (Å²) in [5.74, 6) is 1.14. The van der Waals surface area contributed by atoms with Gasteiger partial charge in [0, 0.05) is 22.3 Å². The summed E-state index contributed by atoms with van der Waals surface area (Å²) in [6, 6.07) is 5.20. The van der Waals surface area contributed by atoms with Crippen molar-refractivity contribution in [1.82, 2.24) is 0 Å². The van der Waals surface area contributed by atoms with Crippen molar-refractivity contribution in [2.75, 3.05) is 14.2 Å². The Bertz CT molecular complexity index is 603. The smallest absolute Gasteiger partial charge is 0.340 e. The van der Waals surface area contributed by atoms with Crippen molar-refractivity contribution < 1.29 is 13.9 Å². The third-order valence-electron chi connectivity index (χ3n) is 2.45. The summed E-state index contributed by atoms with van der Waals surface area (Å²) in [6.07, 6.45) is 0. The number of hydrogen-bond acceptors (Lipinski definition) is 4. The van der Waals surface area contributed by atoms with Crippen LogP contribution in [0, 0.1) is 0 Å². The molecule has 0 saturated carbocycles. The van der Waals surface area contributed by atoms with Gasteiger partial charge >= 0.3 is 5.63 Å². The predicted molar refractivity (Wildman–Crippen MR) is 68.2 cm³/mol. The van der Waals surface area contributed by atoms with Crippen molar-refractivity contribution in [1.29, 1.82) is 0 Å². The summed E-state index contributed by atoms with van der Waals surface area (Å²) in [7, 11) is 3.10. The maximum atomic E-state index is 11.5. The zero-order chi connectivity index (χ0) is 12.4. The number of ether oxygens (including phenoxy) is 2. The largest absolute Gasteiger partial charge is 0.493 e. The monoisotopic (exact) mass is 298 g/mol. The molecule has 1 aromatic carbocycles. The van der Waals surface area contributed by atoms with E-state index in [9.17, 15) is 4.79 Å². The highest BCUT2D eigenvalue weighted by Gasteiger charge is 2.10. The molecule has 4 nitrogen and oxygen atoms in total. The number of halogens is 1. The van der Waals surface area contributed by atoms with E-state index in [-0.39, 0.29) is 5.63 Å². The minimum atomic E-state index is -0.346. The summed E-state index contributed by atoms with van der Waals surface area (Å²) < 4.78 is 15.5. The average molecular weight is 299 g/mol. The van der Waals surface area contributed by atoms with Gasteiger partial charge in [0.1, 0.15) is 5.58 Å². The lowest BCUT2D eigenvalue weighted by atomic mass is 10.2. The molecule has 17 heavy (non-hydrogen) atoms. The Morgan fingerprint density at radius 2 is 1.82 bits per heavy atom. The zero-order valence-corrected chi connectivity index (χ0v) is 11.0. The summed E-state index contributed by atoms with van der Waals surface area (Å²) >= 11 is 3.24. The molecule has 0 saturated heterocycles. The highest BCUT2D eigenvalue weighted by molar-refractivity contribution is 9.08. The van der Waals surface area contributed by atoms with Crippen LogP contribution >= 0.6 is 15.9 Å². The number of hydrogen-bond donors (Lipinski definition) is 0. The van der Waals surface area contributed by atoms with Gasteiger partial charge in [-0.1, -0.05) is 15.9 Å². The van der Waals surface area contributed by atoms with E-state index in [1.165, 1.54) is 7.11 Å². The molecule has 0 amide bonds. The van der Waals surface area contributed by atoms with Crippen LogP contribution in [0.25, 0.3) is 11.0 Å². The Balaban J connectivity index is 2.74. The first kappa shape index (κ1) is 12.0. The van der Waals surface area contributed by atoms with Crippen LogP contribution in [0.3, 0.4) is 0 Å². The van der Waals surface area contributed by atoms with Gasteiger partial charge < -0.3 is 13.9 Å². The van der Waals surface area contributed by atoms with Crippen LogP contribution in [-0.4, -0.2) is 14.2 Å². The molecule has 2 rings (SSSR count). The van der Waals surface area contributed by atoms with Crippen molar-refractivity contribution in [2.45, 2.75) is 5.33 Å². The Morgan fingerprint density at radius 3 is 2.41 bits per heavy atom. The lowest BCUT2D eigenvalue weighted by Gasteiger charge is -2.08. The van der Waals surface area contributed by atoms with Gasteiger partial charge in [-0.05, 0) is 12.1 Å². The molecule has 0 aliphatic rings. The van der Waals surface area contributed by atoms with Gasteiger partial charge in [0.05, 0.1) is 14.2 Å². The van der Waals surface area contributed by atoms with Crippen LogP contribution in [0.1, 0.15) is 5.56 Å². The zero-order valence-electron chi connectivity index (χ0n) is 9.45. The van der Waals surface area contributed by atoms with E-state index < -0.39 is 0 Å². The second-order valence-electron chi connectivity index (χ2n) is 3.44. The number of alkyl halides is 1. The van der Waals surface area contributed by atoms with Crippen molar-refractivity contribution in [3.63, 3.8) is 0 Å². The SMILES string of the molecule is COc1cc2cc(CBr)c(=O)oc2cc1OC. The van der Waals surface area contributed by atoms with Gasteiger partial charge in [-0.15, -0.1) is 0 Å². The third kappa shape index (κ3) is 2.15. The first-order valence-corrected chi connectivity index (χ1v) is 6.06. The normalized spacial score (nSPS) is 10.5. The minimum Gasteiger partial charge on any atom is -0.493 e. The van der Waals surface area contributed by atoms with Crippen LogP contribution in [-0.2, 0) is 5.33 Å². The van der Waals surface area contributed by atoms with Crippen molar-refractivity contribution in [3.05, 3.63) is 34.2 Å². The second-order valence-corrected chi connectivity index (χ2v) is 4.00. The standard InChI is InChI=1S/C12H11BrO4/c1-15-10-4-7-3-8(6-13)12(14)17-9(7)5-11(10)16-2/h3-5H,6H2,1-2H3. The molecule has 1 heterocycles. The Morgan fingerprint density at radius 1 is 1.18 bits per heavy atom. The van der Waals surface area contributed by atoms with Gasteiger partial charge in [0.15, 0.2) is 11.5 Å². The highest BCUT2D eigenvalue weighted by Crippen LogP contribution is 2.31. The summed E-state index contributed by atoms with van der Waals surface area (Å²) in [5.41, 5.74) is 0.712. The van der Waals surface area contributed by atoms with Crippen LogP contribution in [0.5, 0.6) is 11.5 Å². The molecule has 0 N–H and O–H groups in total. The molecular weight excluding hydrogens is 288 g/mol. The maximum Gasteiger partial charge on any atom is 0.340 e. The van der Waals surface area contributed by atoms with Crippen LogP contribution in [0.15, 0.2) is 27.4 Å². The Hall–Kier alpha value is -1.49. The Labute approximate surface area is 106 Å². The molecule has 0 fully saturated rings. The highest BCUT2D eigenvalue weighted by atomic mass is 79.9. The molecule has 0 radical (unpaired) electrons. The van der Waals surface area contributed by atoms with E-state index in [0.29, 0.717) is 28.0 Å². The molecule has 0 bridgehead atoms. The summed E-state index contributed by atoms with van der Waals surface area (Å²) in [5, 5.41) is 1.26. The van der Waals surface area contributed by atoms with Gasteiger partial charge in [0.25, 0.3) is 0 Å². The molecule has 0 aliphatic heterocycles. The number of rotatable bonds is 3. The molecule has 1 aromatic heterocycles. The van der Waals surface area contributed by atoms with E-state index in [2.05, 4.69) is 15.9 Å². The number of fused-ring (bicyclic) bond motifs is 1. The van der Waals surface area contributed by atoms with Crippen molar-refractivity contribution in [3.8, 4) is 11.5 Å². The fourth-order valence-corrected chi connectivity index (χ4v) is 1.97. The number of benzene rings is 1. The van der Waals surface area contributed by atoms with E-state index in [0.717, 1.165) is 5.39 Å². The molecule has 0 unspecified atom stereocenters. The average Bonchev–Trinajstić information content (AvgIpc) is 2.36. The molecule has 2 aromatic rings. The number of methoxy groups -OCH3 is 2.